The van der Waals surface area contributed by atoms with Crippen LogP contribution in [0.2, 0.25) is 10.0 Å². The van der Waals surface area contributed by atoms with Crippen LogP contribution in [0.1, 0.15) is 34.6 Å². The molecule has 0 amide bonds. The molecule has 0 radical (unpaired) electrons. The molecule has 0 saturated carbocycles. The first kappa shape index (κ1) is 19.1. The summed E-state index contributed by atoms with van der Waals surface area (Å²) in [6, 6.07) is 8.99. The van der Waals surface area contributed by atoms with Crippen molar-refractivity contribution in [3.63, 3.8) is 0 Å². The van der Waals surface area contributed by atoms with Crippen LogP contribution in [-0.2, 0) is 4.74 Å². The Hall–Kier alpha value is -2.24. The van der Waals surface area contributed by atoms with Crippen molar-refractivity contribution in [2.24, 2.45) is 0 Å². The Morgan fingerprint density at radius 2 is 1.64 bits per heavy atom. The van der Waals surface area contributed by atoms with Gasteiger partial charge >= 0.3 is 5.97 Å². The Morgan fingerprint density at radius 1 is 1.08 bits per heavy atom. The van der Waals surface area contributed by atoms with Crippen molar-refractivity contribution in [1.82, 2.24) is 0 Å². The first-order chi connectivity index (χ1) is 11.8. The number of hydrogen-bond acceptors (Lipinski definition) is 5. The standard InChI is InChI=1S/C18H16Cl2O5/c1-3-24-13-6-4-11(5-7-13)16(21)10(2)25-18(23)12-8-14(19)17(22)15(20)9-12/h4-10,22H,3H2,1-2H3/t10-/m1/s1. The van der Waals surface area contributed by atoms with Crippen molar-refractivity contribution in [3.8, 4) is 11.5 Å². The van der Waals surface area contributed by atoms with Gasteiger partial charge < -0.3 is 14.6 Å². The summed E-state index contributed by atoms with van der Waals surface area (Å²) >= 11 is 11.6. The molecule has 0 heterocycles. The number of hydrogen-bond donors (Lipinski definition) is 1. The second-order valence-corrected chi connectivity index (χ2v) is 5.97. The summed E-state index contributed by atoms with van der Waals surface area (Å²) in [6.07, 6.45) is -1.00. The number of carbonyl (C=O) groups excluding carboxylic acids is 2. The lowest BCUT2D eigenvalue weighted by molar-refractivity contribution is 0.0319. The van der Waals surface area contributed by atoms with Crippen LogP contribution in [0, 0.1) is 0 Å². The quantitative estimate of drug-likeness (QED) is 0.586. The number of ketones is 1. The number of ether oxygens (including phenoxy) is 2. The van der Waals surface area contributed by atoms with Crippen LogP contribution >= 0.6 is 23.2 Å². The Kier molecular flexibility index (Phi) is 6.28. The van der Waals surface area contributed by atoms with Crippen LogP contribution < -0.4 is 4.74 Å². The molecule has 0 spiro atoms. The Balaban J connectivity index is 2.09. The lowest BCUT2D eigenvalue weighted by Crippen LogP contribution is -2.24. The molecule has 5 nitrogen and oxygen atoms in total. The van der Waals surface area contributed by atoms with Gasteiger partial charge in [-0.1, -0.05) is 23.2 Å². The molecule has 0 aliphatic carbocycles. The van der Waals surface area contributed by atoms with Crippen LogP contribution in [-0.4, -0.2) is 29.6 Å². The summed E-state index contributed by atoms with van der Waals surface area (Å²) in [5.41, 5.74) is 0.435. The Labute approximate surface area is 155 Å². The van der Waals surface area contributed by atoms with E-state index in [2.05, 4.69) is 0 Å². The molecule has 2 rings (SSSR count). The van der Waals surface area contributed by atoms with Gasteiger partial charge in [0.05, 0.1) is 22.2 Å². The van der Waals surface area contributed by atoms with Gasteiger partial charge in [-0.05, 0) is 50.2 Å². The highest BCUT2D eigenvalue weighted by Crippen LogP contribution is 2.33. The van der Waals surface area contributed by atoms with Gasteiger partial charge in [-0.25, -0.2) is 4.79 Å². The Morgan fingerprint density at radius 3 is 2.16 bits per heavy atom. The highest BCUT2D eigenvalue weighted by atomic mass is 35.5. The number of benzene rings is 2. The molecule has 0 unspecified atom stereocenters. The molecule has 0 saturated heterocycles. The predicted octanol–water partition coefficient (Wildman–Crippen LogP) is 4.53. The van der Waals surface area contributed by atoms with E-state index in [0.717, 1.165) is 0 Å². The minimum Gasteiger partial charge on any atom is -0.505 e. The molecular weight excluding hydrogens is 367 g/mol. The number of halogens is 2. The molecule has 1 N–H and O–H groups in total. The van der Waals surface area contributed by atoms with Crippen molar-refractivity contribution in [1.29, 1.82) is 0 Å². The number of aromatic hydroxyl groups is 1. The van der Waals surface area contributed by atoms with E-state index in [0.29, 0.717) is 17.9 Å². The van der Waals surface area contributed by atoms with E-state index in [4.69, 9.17) is 32.7 Å². The fraction of sp³-hybridized carbons (Fsp3) is 0.222. The summed E-state index contributed by atoms with van der Waals surface area (Å²) in [7, 11) is 0. The molecule has 0 aromatic heterocycles. The minimum atomic E-state index is -1.00. The predicted molar refractivity (Wildman–Crippen MR) is 94.9 cm³/mol. The van der Waals surface area contributed by atoms with Gasteiger partial charge in [0.25, 0.3) is 0 Å². The van der Waals surface area contributed by atoms with Gasteiger partial charge in [-0.2, -0.15) is 0 Å². The summed E-state index contributed by atoms with van der Waals surface area (Å²) in [5, 5.41) is 9.35. The monoisotopic (exact) mass is 382 g/mol. The zero-order valence-electron chi connectivity index (χ0n) is 13.6. The maximum Gasteiger partial charge on any atom is 0.338 e. The maximum absolute atomic E-state index is 12.4. The van der Waals surface area contributed by atoms with Gasteiger partial charge in [-0.15, -0.1) is 0 Å². The van der Waals surface area contributed by atoms with E-state index in [1.807, 2.05) is 6.92 Å². The molecule has 0 bridgehead atoms. The van der Waals surface area contributed by atoms with E-state index in [1.165, 1.54) is 19.1 Å². The highest BCUT2D eigenvalue weighted by Gasteiger charge is 2.21. The summed E-state index contributed by atoms with van der Waals surface area (Å²) in [5.74, 6) is -0.793. The average molecular weight is 383 g/mol. The zero-order valence-corrected chi connectivity index (χ0v) is 15.1. The van der Waals surface area contributed by atoms with Crippen LogP contribution in [0.4, 0.5) is 0 Å². The normalized spacial score (nSPS) is 11.7. The van der Waals surface area contributed by atoms with Crippen LogP contribution in [0.3, 0.4) is 0 Å². The van der Waals surface area contributed by atoms with Crippen molar-refractivity contribution in [2.75, 3.05) is 6.61 Å². The molecule has 132 valence electrons. The largest absolute Gasteiger partial charge is 0.505 e. The average Bonchev–Trinajstić information content (AvgIpc) is 2.59. The third kappa shape index (κ3) is 4.65. The van der Waals surface area contributed by atoms with Crippen LogP contribution in [0.5, 0.6) is 11.5 Å². The van der Waals surface area contributed by atoms with Crippen molar-refractivity contribution < 1.29 is 24.2 Å². The van der Waals surface area contributed by atoms with Gasteiger partial charge in [-0.3, -0.25) is 4.79 Å². The molecule has 2 aromatic rings. The third-order valence-electron chi connectivity index (χ3n) is 3.36. The number of Topliss-reactive ketones (excluding diaryl/α,β-unsaturated/α-hetero) is 1. The van der Waals surface area contributed by atoms with Crippen molar-refractivity contribution >= 4 is 35.0 Å². The number of rotatable bonds is 6. The SMILES string of the molecule is CCOc1ccc(C(=O)[C@@H](C)OC(=O)c2cc(Cl)c(O)c(Cl)c2)cc1. The summed E-state index contributed by atoms with van der Waals surface area (Å²) < 4.78 is 10.5. The second kappa shape index (κ2) is 8.23. The molecule has 0 aliphatic rings. The number of phenolic OH excluding ortho intramolecular Hbond substituents is 1. The van der Waals surface area contributed by atoms with Crippen LogP contribution in [0.15, 0.2) is 36.4 Å². The summed E-state index contributed by atoms with van der Waals surface area (Å²) in [4.78, 5) is 24.5. The molecule has 7 heteroatoms. The van der Waals surface area contributed by atoms with Crippen molar-refractivity contribution in [2.45, 2.75) is 20.0 Å². The number of carbonyl (C=O) groups is 2. The topological polar surface area (TPSA) is 72.8 Å². The minimum absolute atomic E-state index is 0.0409. The maximum atomic E-state index is 12.4. The molecule has 25 heavy (non-hydrogen) atoms. The lowest BCUT2D eigenvalue weighted by atomic mass is 10.1. The fourth-order valence-electron chi connectivity index (χ4n) is 2.08. The van der Waals surface area contributed by atoms with E-state index in [1.54, 1.807) is 24.3 Å². The van der Waals surface area contributed by atoms with E-state index < -0.39 is 12.1 Å². The molecule has 0 aliphatic heterocycles. The number of phenols is 1. The molecule has 2 aromatic carbocycles. The Bertz CT molecular complexity index is 764. The van der Waals surface area contributed by atoms with E-state index in [-0.39, 0.29) is 27.1 Å². The van der Waals surface area contributed by atoms with Crippen molar-refractivity contribution in [3.05, 3.63) is 57.6 Å². The van der Waals surface area contributed by atoms with Gasteiger partial charge in [0, 0.05) is 5.56 Å². The van der Waals surface area contributed by atoms with E-state index in [9.17, 15) is 14.7 Å². The molecule has 0 fully saturated rings. The van der Waals surface area contributed by atoms with Crippen LogP contribution in [0.25, 0.3) is 0 Å². The first-order valence-corrected chi connectivity index (χ1v) is 8.25. The molecular formula is C18H16Cl2O5. The first-order valence-electron chi connectivity index (χ1n) is 7.49. The third-order valence-corrected chi connectivity index (χ3v) is 3.93. The molecule has 1 atom stereocenters. The van der Waals surface area contributed by atoms with Gasteiger partial charge in [0.2, 0.25) is 5.78 Å². The lowest BCUT2D eigenvalue weighted by Gasteiger charge is -2.13. The smallest absolute Gasteiger partial charge is 0.338 e. The number of esters is 1. The zero-order chi connectivity index (χ0) is 18.6. The second-order valence-electron chi connectivity index (χ2n) is 5.16. The highest BCUT2D eigenvalue weighted by molar-refractivity contribution is 6.37. The van der Waals surface area contributed by atoms with Gasteiger partial charge in [0.1, 0.15) is 5.75 Å². The summed E-state index contributed by atoms with van der Waals surface area (Å²) in [6.45, 7) is 3.86. The van der Waals surface area contributed by atoms with Gasteiger partial charge in [0.15, 0.2) is 11.9 Å². The van der Waals surface area contributed by atoms with E-state index >= 15 is 0 Å². The fourth-order valence-corrected chi connectivity index (χ4v) is 2.57.